The molecule has 19 heavy (non-hydrogen) atoms. The number of carbonyl (C=O) groups excluding carboxylic acids is 1. The van der Waals surface area contributed by atoms with Crippen LogP contribution in [0.25, 0.3) is 0 Å². The molecule has 1 heterocycles. The van der Waals surface area contributed by atoms with E-state index in [1.165, 1.54) is 0 Å². The summed E-state index contributed by atoms with van der Waals surface area (Å²) in [6.45, 7) is 1.95. The summed E-state index contributed by atoms with van der Waals surface area (Å²) in [4.78, 5) is 12.3. The van der Waals surface area contributed by atoms with E-state index in [-0.39, 0.29) is 12.5 Å². The van der Waals surface area contributed by atoms with Crippen LogP contribution in [0.15, 0.2) is 30.3 Å². The minimum absolute atomic E-state index is 0.213. The maximum Gasteiger partial charge on any atom is 0.265 e. The van der Waals surface area contributed by atoms with Crippen LogP contribution in [0.2, 0.25) is 0 Å². The van der Waals surface area contributed by atoms with Crippen LogP contribution in [0.5, 0.6) is 0 Å². The molecule has 0 aliphatic carbocycles. The molecule has 0 aliphatic heterocycles. The molecular weight excluding hydrogens is 262 g/mol. The molecule has 0 radical (unpaired) electrons. The lowest BCUT2D eigenvalue weighted by molar-refractivity contribution is 0.0919. The number of aliphatic hydroxyl groups excluding tert-OH is 1. The van der Waals surface area contributed by atoms with Crippen LogP contribution in [0.4, 0.5) is 0 Å². The van der Waals surface area contributed by atoms with Crippen molar-refractivity contribution in [1.82, 2.24) is 14.9 Å². The van der Waals surface area contributed by atoms with E-state index in [2.05, 4.69) is 14.9 Å². The zero-order valence-corrected chi connectivity index (χ0v) is 11.4. The Hall–Kier alpha value is -1.79. The Kier molecular flexibility index (Phi) is 4.59. The van der Waals surface area contributed by atoms with Crippen molar-refractivity contribution in [2.45, 2.75) is 19.4 Å². The molecule has 2 N–H and O–H groups in total. The van der Waals surface area contributed by atoms with Gasteiger partial charge in [0, 0.05) is 13.0 Å². The Labute approximate surface area is 115 Å². The highest BCUT2D eigenvalue weighted by atomic mass is 32.1. The zero-order valence-electron chi connectivity index (χ0n) is 10.5. The third kappa shape index (κ3) is 3.84. The molecule has 100 valence electrons. The molecule has 0 spiro atoms. The van der Waals surface area contributed by atoms with Gasteiger partial charge in [-0.1, -0.05) is 34.8 Å². The number of hydrogen-bond donors (Lipinski definition) is 2. The van der Waals surface area contributed by atoms with Crippen LogP contribution < -0.4 is 5.32 Å². The number of aryl methyl sites for hydroxylation is 1. The summed E-state index contributed by atoms with van der Waals surface area (Å²) in [7, 11) is 0. The zero-order chi connectivity index (χ0) is 13.7. The SMILES string of the molecule is Cc1nnsc1C(=O)NCC(O)Cc1ccccc1. The van der Waals surface area contributed by atoms with Crippen LogP contribution in [0.3, 0.4) is 0 Å². The number of benzene rings is 1. The molecule has 1 aromatic heterocycles. The van der Waals surface area contributed by atoms with Gasteiger partial charge in [-0.2, -0.15) is 0 Å². The van der Waals surface area contributed by atoms with E-state index in [1.54, 1.807) is 6.92 Å². The van der Waals surface area contributed by atoms with Gasteiger partial charge in [-0.3, -0.25) is 4.79 Å². The summed E-state index contributed by atoms with van der Waals surface area (Å²) < 4.78 is 3.71. The minimum atomic E-state index is -0.604. The lowest BCUT2D eigenvalue weighted by Gasteiger charge is -2.11. The van der Waals surface area contributed by atoms with Gasteiger partial charge < -0.3 is 10.4 Å². The van der Waals surface area contributed by atoms with Crippen molar-refractivity contribution in [1.29, 1.82) is 0 Å². The summed E-state index contributed by atoms with van der Waals surface area (Å²) >= 11 is 1.06. The van der Waals surface area contributed by atoms with Crippen molar-refractivity contribution >= 4 is 17.4 Å². The quantitative estimate of drug-likeness (QED) is 0.860. The monoisotopic (exact) mass is 277 g/mol. The van der Waals surface area contributed by atoms with Gasteiger partial charge in [0.1, 0.15) is 4.88 Å². The summed E-state index contributed by atoms with van der Waals surface area (Å²) in [6, 6.07) is 9.67. The summed E-state index contributed by atoms with van der Waals surface area (Å²) in [5.74, 6) is -0.236. The second kappa shape index (κ2) is 6.40. The maximum absolute atomic E-state index is 11.8. The lowest BCUT2D eigenvalue weighted by atomic mass is 10.1. The van der Waals surface area contributed by atoms with Crippen LogP contribution in [0.1, 0.15) is 20.9 Å². The predicted octanol–water partition coefficient (Wildman–Crippen LogP) is 1.18. The van der Waals surface area contributed by atoms with E-state index in [4.69, 9.17) is 0 Å². The van der Waals surface area contributed by atoms with Crippen molar-refractivity contribution in [3.63, 3.8) is 0 Å². The molecule has 1 amide bonds. The summed E-state index contributed by atoms with van der Waals surface area (Å²) in [5, 5.41) is 16.3. The smallest absolute Gasteiger partial charge is 0.265 e. The number of nitrogens with zero attached hydrogens (tertiary/aromatic N) is 2. The Morgan fingerprint density at radius 2 is 2.16 bits per heavy atom. The molecule has 1 atom stereocenters. The number of aliphatic hydroxyl groups is 1. The van der Waals surface area contributed by atoms with Crippen molar-refractivity contribution in [2.75, 3.05) is 6.54 Å². The second-order valence-electron chi connectivity index (χ2n) is 4.24. The van der Waals surface area contributed by atoms with E-state index in [0.717, 1.165) is 17.1 Å². The Morgan fingerprint density at radius 1 is 1.42 bits per heavy atom. The summed E-state index contributed by atoms with van der Waals surface area (Å²) in [6.07, 6.45) is -0.0892. The standard InChI is InChI=1S/C13H15N3O2S/c1-9-12(19-16-15-9)13(18)14-8-11(17)7-10-5-3-2-4-6-10/h2-6,11,17H,7-8H2,1H3,(H,14,18). The van der Waals surface area contributed by atoms with Crippen LogP contribution in [-0.2, 0) is 6.42 Å². The highest BCUT2D eigenvalue weighted by molar-refractivity contribution is 7.07. The van der Waals surface area contributed by atoms with Gasteiger partial charge in [-0.05, 0) is 24.0 Å². The maximum atomic E-state index is 11.8. The van der Waals surface area contributed by atoms with E-state index in [9.17, 15) is 9.90 Å². The second-order valence-corrected chi connectivity index (χ2v) is 5.00. The van der Waals surface area contributed by atoms with Crippen LogP contribution in [0, 0.1) is 6.92 Å². The number of hydrogen-bond acceptors (Lipinski definition) is 5. The lowest BCUT2D eigenvalue weighted by Crippen LogP contribution is -2.33. The van der Waals surface area contributed by atoms with Gasteiger partial charge in [0.25, 0.3) is 5.91 Å². The molecule has 0 aliphatic rings. The van der Waals surface area contributed by atoms with E-state index < -0.39 is 6.10 Å². The van der Waals surface area contributed by atoms with Crippen molar-refractivity contribution < 1.29 is 9.90 Å². The number of amides is 1. The van der Waals surface area contributed by atoms with E-state index in [0.29, 0.717) is 17.0 Å². The molecule has 0 saturated heterocycles. The van der Waals surface area contributed by atoms with Crippen molar-refractivity contribution in [3.8, 4) is 0 Å². The van der Waals surface area contributed by atoms with Crippen LogP contribution in [-0.4, -0.2) is 33.2 Å². The van der Waals surface area contributed by atoms with Gasteiger partial charge in [0.15, 0.2) is 0 Å². The Morgan fingerprint density at radius 3 is 2.79 bits per heavy atom. The summed E-state index contributed by atoms with van der Waals surface area (Å²) in [5.41, 5.74) is 1.65. The molecule has 0 bridgehead atoms. The highest BCUT2D eigenvalue weighted by Gasteiger charge is 2.14. The average molecular weight is 277 g/mol. The molecule has 2 rings (SSSR count). The first-order valence-corrected chi connectivity index (χ1v) is 6.73. The van der Waals surface area contributed by atoms with Gasteiger partial charge in [-0.25, -0.2) is 0 Å². The largest absolute Gasteiger partial charge is 0.391 e. The van der Waals surface area contributed by atoms with E-state index in [1.807, 2.05) is 30.3 Å². The Bertz CT molecular complexity index is 542. The first kappa shape index (κ1) is 13.6. The number of aromatic nitrogens is 2. The third-order valence-electron chi connectivity index (χ3n) is 2.67. The molecule has 5 nitrogen and oxygen atoms in total. The van der Waals surface area contributed by atoms with Crippen LogP contribution >= 0.6 is 11.5 Å². The Balaban J connectivity index is 1.82. The van der Waals surface area contributed by atoms with Gasteiger partial charge in [-0.15, -0.1) is 5.10 Å². The molecular formula is C13H15N3O2S. The van der Waals surface area contributed by atoms with Crippen molar-refractivity contribution in [3.05, 3.63) is 46.5 Å². The topological polar surface area (TPSA) is 75.1 Å². The fourth-order valence-corrected chi connectivity index (χ4v) is 2.26. The third-order valence-corrected chi connectivity index (χ3v) is 3.50. The number of rotatable bonds is 5. The van der Waals surface area contributed by atoms with Crippen molar-refractivity contribution in [2.24, 2.45) is 0 Å². The molecule has 6 heteroatoms. The molecule has 2 aromatic rings. The highest BCUT2D eigenvalue weighted by Crippen LogP contribution is 2.08. The van der Waals surface area contributed by atoms with Gasteiger partial charge >= 0.3 is 0 Å². The fourth-order valence-electron chi connectivity index (χ4n) is 1.69. The predicted molar refractivity (Wildman–Crippen MR) is 73.1 cm³/mol. The van der Waals surface area contributed by atoms with Gasteiger partial charge in [0.05, 0.1) is 11.8 Å². The molecule has 0 fully saturated rings. The molecule has 1 unspecified atom stereocenters. The molecule has 1 aromatic carbocycles. The normalized spacial score (nSPS) is 12.1. The van der Waals surface area contributed by atoms with E-state index >= 15 is 0 Å². The number of nitrogens with one attached hydrogen (secondary N) is 1. The first-order valence-electron chi connectivity index (χ1n) is 5.96. The number of carbonyl (C=O) groups is 1. The minimum Gasteiger partial charge on any atom is -0.391 e. The fraction of sp³-hybridized carbons (Fsp3) is 0.308. The molecule has 0 saturated carbocycles. The first-order chi connectivity index (χ1) is 9.16. The van der Waals surface area contributed by atoms with Gasteiger partial charge in [0.2, 0.25) is 0 Å². The average Bonchev–Trinajstić information content (AvgIpc) is 2.83.